The number of fused-ring (bicyclic) bond motifs is 2. The van der Waals surface area contributed by atoms with Crippen LogP contribution in [-0.4, -0.2) is 9.97 Å². The molecular weight excluding hydrogens is 190 g/mol. The highest BCUT2D eigenvalue weighted by molar-refractivity contribution is 5.91. The molecule has 15 heavy (non-hydrogen) atoms. The maximum absolute atomic E-state index is 11.1. The average Bonchev–Trinajstić information content (AvgIpc) is 2.26. The Morgan fingerprint density at radius 2 is 2.00 bits per heavy atom. The Morgan fingerprint density at radius 1 is 1.13 bits per heavy atom. The lowest BCUT2D eigenvalue weighted by atomic mass is 10.2. The molecule has 0 aliphatic heterocycles. The van der Waals surface area contributed by atoms with Crippen molar-refractivity contribution in [3.05, 3.63) is 48.2 Å². The van der Waals surface area contributed by atoms with Crippen LogP contribution in [0.5, 0.6) is 0 Å². The highest BCUT2D eigenvalue weighted by Crippen LogP contribution is 2.16. The summed E-state index contributed by atoms with van der Waals surface area (Å²) in [5, 5.41) is 12.9. The zero-order valence-electron chi connectivity index (χ0n) is 7.79. The SMILES string of the molecule is [O-][n+]1ccc2nc3ccncc3cc2c1. The van der Waals surface area contributed by atoms with Gasteiger partial charge in [-0.15, -0.1) is 0 Å². The van der Waals surface area contributed by atoms with Crippen LogP contribution in [0, 0.1) is 5.21 Å². The minimum absolute atomic E-state index is 0.770. The van der Waals surface area contributed by atoms with Gasteiger partial charge in [-0.05, 0) is 12.1 Å². The van der Waals surface area contributed by atoms with Crippen molar-refractivity contribution >= 4 is 21.8 Å². The number of hydrogen-bond acceptors (Lipinski definition) is 3. The quantitative estimate of drug-likeness (QED) is 0.311. The summed E-state index contributed by atoms with van der Waals surface area (Å²) in [5.74, 6) is 0. The van der Waals surface area contributed by atoms with E-state index in [4.69, 9.17) is 0 Å². The molecule has 0 radical (unpaired) electrons. The zero-order chi connectivity index (χ0) is 10.3. The van der Waals surface area contributed by atoms with Crippen molar-refractivity contribution in [1.29, 1.82) is 0 Å². The topological polar surface area (TPSA) is 52.7 Å². The van der Waals surface area contributed by atoms with Crippen molar-refractivity contribution < 1.29 is 4.73 Å². The Morgan fingerprint density at radius 3 is 2.93 bits per heavy atom. The molecule has 0 saturated heterocycles. The molecule has 3 rings (SSSR count). The van der Waals surface area contributed by atoms with Crippen molar-refractivity contribution in [2.75, 3.05) is 0 Å². The van der Waals surface area contributed by atoms with Crippen LogP contribution in [0.3, 0.4) is 0 Å². The largest absolute Gasteiger partial charge is 0.619 e. The van der Waals surface area contributed by atoms with Gasteiger partial charge in [0.2, 0.25) is 0 Å². The predicted molar refractivity (Wildman–Crippen MR) is 56.0 cm³/mol. The molecule has 4 nitrogen and oxygen atoms in total. The molecule has 0 unspecified atom stereocenters. The summed E-state index contributed by atoms with van der Waals surface area (Å²) in [4.78, 5) is 8.44. The summed E-state index contributed by atoms with van der Waals surface area (Å²) < 4.78 is 0.770. The normalized spacial score (nSPS) is 10.9. The molecule has 0 spiro atoms. The molecular formula is C11H7N3O. The van der Waals surface area contributed by atoms with Gasteiger partial charge in [0.15, 0.2) is 12.4 Å². The van der Waals surface area contributed by atoms with Crippen LogP contribution in [0.1, 0.15) is 0 Å². The highest BCUT2D eigenvalue weighted by Gasteiger charge is 2.01. The van der Waals surface area contributed by atoms with Gasteiger partial charge < -0.3 is 5.21 Å². The summed E-state index contributed by atoms with van der Waals surface area (Å²) in [6, 6.07) is 5.48. The fourth-order valence-electron chi connectivity index (χ4n) is 1.61. The molecule has 0 bridgehead atoms. The second-order valence-electron chi connectivity index (χ2n) is 3.34. The first-order valence-electron chi connectivity index (χ1n) is 4.56. The summed E-state index contributed by atoms with van der Waals surface area (Å²) in [6.45, 7) is 0. The van der Waals surface area contributed by atoms with Crippen LogP contribution in [0.15, 0.2) is 43.0 Å². The van der Waals surface area contributed by atoms with Gasteiger partial charge in [-0.1, -0.05) is 0 Å². The van der Waals surface area contributed by atoms with Crippen LogP contribution in [0.25, 0.3) is 21.8 Å². The summed E-state index contributed by atoms with van der Waals surface area (Å²) in [6.07, 6.45) is 6.40. The second kappa shape index (κ2) is 2.88. The summed E-state index contributed by atoms with van der Waals surface area (Å²) in [5.41, 5.74) is 1.71. The Labute approximate surface area is 85.4 Å². The van der Waals surface area contributed by atoms with Crippen LogP contribution in [-0.2, 0) is 0 Å². The smallest absolute Gasteiger partial charge is 0.189 e. The molecule has 3 heterocycles. The van der Waals surface area contributed by atoms with Crippen LogP contribution in [0.2, 0.25) is 0 Å². The van der Waals surface area contributed by atoms with E-state index in [2.05, 4.69) is 9.97 Å². The van der Waals surface area contributed by atoms with E-state index in [1.807, 2.05) is 12.1 Å². The van der Waals surface area contributed by atoms with Crippen molar-refractivity contribution in [3.63, 3.8) is 0 Å². The van der Waals surface area contributed by atoms with Gasteiger partial charge in [0, 0.05) is 23.8 Å². The molecule has 3 aromatic rings. The lowest BCUT2D eigenvalue weighted by molar-refractivity contribution is -0.603. The monoisotopic (exact) mass is 197 g/mol. The van der Waals surface area contributed by atoms with Crippen LogP contribution in [0.4, 0.5) is 0 Å². The molecule has 0 N–H and O–H groups in total. The standard InChI is InChI=1S/C11H7N3O/c15-14-4-2-11-9(7-14)5-8-6-12-3-1-10(8)13-11/h1-7H. The molecule has 0 aliphatic carbocycles. The van der Waals surface area contributed by atoms with E-state index >= 15 is 0 Å². The Hall–Kier alpha value is -2.23. The van der Waals surface area contributed by atoms with Gasteiger partial charge in [-0.2, -0.15) is 4.73 Å². The third-order valence-corrected chi connectivity index (χ3v) is 2.32. The number of aromatic nitrogens is 3. The molecule has 0 aliphatic rings. The molecule has 0 amide bonds. The maximum Gasteiger partial charge on any atom is 0.189 e. The van der Waals surface area contributed by atoms with E-state index in [1.54, 1.807) is 18.5 Å². The molecule has 0 atom stereocenters. The van der Waals surface area contributed by atoms with E-state index in [1.165, 1.54) is 12.4 Å². The molecule has 3 aromatic heterocycles. The fraction of sp³-hybridized carbons (Fsp3) is 0. The molecule has 0 aromatic carbocycles. The van der Waals surface area contributed by atoms with Gasteiger partial charge in [0.05, 0.1) is 16.4 Å². The van der Waals surface area contributed by atoms with E-state index in [-0.39, 0.29) is 0 Å². The van der Waals surface area contributed by atoms with Gasteiger partial charge in [0.25, 0.3) is 0 Å². The molecule has 72 valence electrons. The van der Waals surface area contributed by atoms with Crippen molar-refractivity contribution in [2.24, 2.45) is 0 Å². The predicted octanol–water partition coefficient (Wildman–Crippen LogP) is 1.42. The van der Waals surface area contributed by atoms with E-state index < -0.39 is 0 Å². The van der Waals surface area contributed by atoms with E-state index in [0.29, 0.717) is 0 Å². The Balaban J connectivity index is 2.47. The Bertz CT molecular complexity index is 651. The lowest BCUT2D eigenvalue weighted by Gasteiger charge is -2.00. The highest BCUT2D eigenvalue weighted by atomic mass is 16.5. The van der Waals surface area contributed by atoms with E-state index in [0.717, 1.165) is 26.5 Å². The second-order valence-corrected chi connectivity index (χ2v) is 3.34. The molecule has 4 heteroatoms. The van der Waals surface area contributed by atoms with Gasteiger partial charge in [-0.3, -0.25) is 4.98 Å². The fourth-order valence-corrected chi connectivity index (χ4v) is 1.61. The first-order chi connectivity index (χ1) is 7.33. The number of hydrogen-bond donors (Lipinski definition) is 0. The third kappa shape index (κ3) is 1.27. The minimum Gasteiger partial charge on any atom is -0.619 e. The summed E-state index contributed by atoms with van der Waals surface area (Å²) >= 11 is 0. The van der Waals surface area contributed by atoms with Crippen molar-refractivity contribution in [2.45, 2.75) is 0 Å². The zero-order valence-corrected chi connectivity index (χ0v) is 7.79. The number of nitrogens with zero attached hydrogens (tertiary/aromatic N) is 3. The lowest BCUT2D eigenvalue weighted by Crippen LogP contribution is -2.23. The molecule has 0 saturated carbocycles. The van der Waals surface area contributed by atoms with Crippen LogP contribution < -0.4 is 4.73 Å². The summed E-state index contributed by atoms with van der Waals surface area (Å²) in [7, 11) is 0. The Kier molecular flexibility index (Phi) is 1.56. The van der Waals surface area contributed by atoms with Gasteiger partial charge in [0.1, 0.15) is 0 Å². The third-order valence-electron chi connectivity index (χ3n) is 2.32. The average molecular weight is 197 g/mol. The molecule has 0 fully saturated rings. The minimum atomic E-state index is 0.770. The number of rotatable bonds is 0. The van der Waals surface area contributed by atoms with Gasteiger partial charge >= 0.3 is 0 Å². The first kappa shape index (κ1) is 8.11. The van der Waals surface area contributed by atoms with Crippen LogP contribution >= 0.6 is 0 Å². The first-order valence-corrected chi connectivity index (χ1v) is 4.56. The van der Waals surface area contributed by atoms with E-state index in [9.17, 15) is 5.21 Å². The van der Waals surface area contributed by atoms with Gasteiger partial charge in [-0.25, -0.2) is 4.98 Å². The van der Waals surface area contributed by atoms with Crippen molar-refractivity contribution in [1.82, 2.24) is 9.97 Å². The number of pyridine rings is 3. The van der Waals surface area contributed by atoms with Crippen molar-refractivity contribution in [3.8, 4) is 0 Å². The maximum atomic E-state index is 11.1.